The van der Waals surface area contributed by atoms with Crippen LogP contribution >= 0.6 is 11.6 Å². The molecule has 0 heterocycles. The third kappa shape index (κ3) is 13.2. The van der Waals surface area contributed by atoms with Crippen LogP contribution in [0.15, 0.2) is 66.7 Å². The van der Waals surface area contributed by atoms with Gasteiger partial charge in [0.1, 0.15) is 46.6 Å². The van der Waals surface area contributed by atoms with Gasteiger partial charge in [0.15, 0.2) is 6.04 Å². The Morgan fingerprint density at radius 3 is 1.85 bits per heavy atom. The average molecular weight is 900 g/mol. The molecule has 11 nitrogen and oxygen atoms in total. The van der Waals surface area contributed by atoms with Crippen LogP contribution in [0.3, 0.4) is 0 Å². The van der Waals surface area contributed by atoms with E-state index in [1.807, 2.05) is 36.4 Å². The van der Waals surface area contributed by atoms with Crippen molar-refractivity contribution in [1.82, 2.24) is 10.6 Å². The quantitative estimate of drug-likeness (QED) is 0.0892. The molecule has 0 spiro atoms. The molecular formula is C47H71ClN2O9Si2. The zero-order valence-corrected chi connectivity index (χ0v) is 42.0. The van der Waals surface area contributed by atoms with Gasteiger partial charge in [0.2, 0.25) is 14.2 Å². The van der Waals surface area contributed by atoms with E-state index in [0.717, 1.165) is 5.56 Å². The fourth-order valence-corrected chi connectivity index (χ4v) is 14.2. The van der Waals surface area contributed by atoms with Gasteiger partial charge in [-0.2, -0.15) is 0 Å². The summed E-state index contributed by atoms with van der Waals surface area (Å²) < 4.78 is 37.8. The van der Waals surface area contributed by atoms with Crippen LogP contribution in [-0.2, 0) is 30.1 Å². The molecule has 3 aromatic rings. The van der Waals surface area contributed by atoms with E-state index in [4.69, 9.17) is 39.4 Å². The van der Waals surface area contributed by atoms with Crippen LogP contribution in [0.4, 0.5) is 4.79 Å². The summed E-state index contributed by atoms with van der Waals surface area (Å²) in [5, 5.41) is 5.69. The summed E-state index contributed by atoms with van der Waals surface area (Å²) in [5.74, 6) is -0.179. The fourth-order valence-electron chi connectivity index (χ4n) is 7.32. The first-order valence-corrected chi connectivity index (χ1v) is 26.7. The normalized spacial score (nSPS) is 14.0. The van der Waals surface area contributed by atoms with Crippen molar-refractivity contribution in [2.24, 2.45) is 0 Å². The third-order valence-corrected chi connectivity index (χ3v) is 22.1. The Balaban J connectivity index is 2.41. The zero-order chi connectivity index (χ0) is 46.1. The van der Waals surface area contributed by atoms with Crippen molar-refractivity contribution in [2.45, 2.75) is 155 Å². The monoisotopic (exact) mass is 898 g/mol. The van der Waals surface area contributed by atoms with E-state index >= 15 is 0 Å². The molecule has 338 valence electrons. The molecule has 3 aromatic carbocycles. The number of halogens is 1. The predicted octanol–water partition coefficient (Wildman–Crippen LogP) is 11.9. The number of carbonyl (C=O) groups excluding carboxylic acids is 3. The van der Waals surface area contributed by atoms with E-state index in [-0.39, 0.29) is 39.9 Å². The van der Waals surface area contributed by atoms with Crippen molar-refractivity contribution in [1.29, 1.82) is 0 Å². The number of ether oxygens (including phenoxy) is 4. The number of methoxy groups -OCH3 is 1. The van der Waals surface area contributed by atoms with Crippen LogP contribution in [0.25, 0.3) is 0 Å². The van der Waals surface area contributed by atoms with Gasteiger partial charge in [0.25, 0.3) is 8.32 Å². The number of alkyl carbamates (subject to hydrolysis) is 1. The van der Waals surface area contributed by atoms with E-state index in [1.165, 1.54) is 7.11 Å². The lowest BCUT2D eigenvalue weighted by atomic mass is 9.99. The van der Waals surface area contributed by atoms with Gasteiger partial charge in [-0.15, -0.1) is 0 Å². The van der Waals surface area contributed by atoms with Gasteiger partial charge in [-0.3, -0.25) is 4.79 Å². The summed E-state index contributed by atoms with van der Waals surface area (Å²) in [4.78, 5) is 42.8. The molecule has 0 aliphatic carbocycles. The van der Waals surface area contributed by atoms with Gasteiger partial charge >= 0.3 is 12.1 Å². The Hall–Kier alpha value is -4.05. The fraction of sp³-hybridized carbons (Fsp3) is 0.553. The number of carbonyl (C=O) groups is 3. The van der Waals surface area contributed by atoms with Gasteiger partial charge < -0.3 is 38.4 Å². The molecule has 0 unspecified atom stereocenters. The van der Waals surface area contributed by atoms with E-state index in [0.29, 0.717) is 28.4 Å². The SMILES string of the molecule is CCOC(=O)[C@@H](NC(=O)[C@H](NC(=O)OC(C)(C)C)c1ccc(OC)cc1)[C@@H](O[Si](C(C)C)(C(C)C)C(C)C)c1ccc(OCc2ccccc2)c(Cl)c1O[Si](C)(C)C(C)(C)C. The maximum atomic E-state index is 14.9. The zero-order valence-electron chi connectivity index (χ0n) is 39.3. The van der Waals surface area contributed by atoms with E-state index in [1.54, 1.807) is 58.0 Å². The molecular weight excluding hydrogens is 828 g/mol. The molecule has 0 saturated heterocycles. The second-order valence-corrected chi connectivity index (χ2v) is 29.4. The molecule has 0 aromatic heterocycles. The highest BCUT2D eigenvalue weighted by molar-refractivity contribution is 6.77. The Morgan fingerprint density at radius 2 is 1.36 bits per heavy atom. The second kappa shape index (κ2) is 21.4. The lowest BCUT2D eigenvalue weighted by molar-refractivity contribution is -0.151. The smallest absolute Gasteiger partial charge is 0.408 e. The van der Waals surface area contributed by atoms with E-state index in [2.05, 4.69) is 86.0 Å². The van der Waals surface area contributed by atoms with E-state index < -0.39 is 58.4 Å². The predicted molar refractivity (Wildman–Crippen MR) is 249 cm³/mol. The summed E-state index contributed by atoms with van der Waals surface area (Å²) in [6, 6.07) is 17.3. The Kier molecular flexibility index (Phi) is 18.0. The summed E-state index contributed by atoms with van der Waals surface area (Å²) >= 11 is 7.41. The van der Waals surface area contributed by atoms with Crippen molar-refractivity contribution in [3.05, 3.63) is 88.4 Å². The number of hydrogen-bond acceptors (Lipinski definition) is 9. The Bertz CT molecular complexity index is 1890. The number of amides is 2. The Morgan fingerprint density at radius 1 is 0.787 bits per heavy atom. The van der Waals surface area contributed by atoms with Crippen molar-refractivity contribution < 1.29 is 42.2 Å². The van der Waals surface area contributed by atoms with Crippen LogP contribution in [0, 0.1) is 0 Å². The average Bonchev–Trinajstić information content (AvgIpc) is 3.16. The highest BCUT2D eigenvalue weighted by Gasteiger charge is 2.51. The second-order valence-electron chi connectivity index (χ2n) is 18.9. The van der Waals surface area contributed by atoms with Gasteiger partial charge in [0, 0.05) is 5.56 Å². The lowest BCUT2D eigenvalue weighted by Crippen LogP contribution is -2.56. The molecule has 0 fully saturated rings. The number of esters is 1. The van der Waals surface area contributed by atoms with Gasteiger partial charge in [-0.05, 0) is 97.8 Å². The van der Waals surface area contributed by atoms with E-state index in [9.17, 15) is 14.4 Å². The number of nitrogens with one attached hydrogen (secondary N) is 2. The summed E-state index contributed by atoms with van der Waals surface area (Å²) in [5.41, 5.74) is 1.19. The molecule has 3 rings (SSSR count). The molecule has 3 atom stereocenters. The number of hydrogen-bond donors (Lipinski definition) is 2. The highest BCUT2D eigenvalue weighted by atomic mass is 35.5. The third-order valence-electron chi connectivity index (χ3n) is 11.4. The molecule has 2 N–H and O–H groups in total. The minimum Gasteiger partial charge on any atom is -0.542 e. The maximum absolute atomic E-state index is 14.9. The van der Waals surface area contributed by atoms with Gasteiger partial charge in [-0.1, -0.05) is 116 Å². The highest BCUT2D eigenvalue weighted by Crippen LogP contribution is 2.51. The molecule has 14 heteroatoms. The van der Waals surface area contributed by atoms with Crippen molar-refractivity contribution >= 4 is 46.2 Å². The molecule has 0 saturated carbocycles. The first kappa shape index (κ1) is 51.3. The summed E-state index contributed by atoms with van der Waals surface area (Å²) in [6.07, 6.45) is -1.99. The van der Waals surface area contributed by atoms with Crippen molar-refractivity contribution in [3.63, 3.8) is 0 Å². The van der Waals surface area contributed by atoms with Crippen molar-refractivity contribution in [2.75, 3.05) is 13.7 Å². The largest absolute Gasteiger partial charge is 0.542 e. The topological polar surface area (TPSA) is 131 Å². The Labute approximate surface area is 372 Å². The van der Waals surface area contributed by atoms with Crippen LogP contribution in [0.2, 0.25) is 39.8 Å². The van der Waals surface area contributed by atoms with Gasteiger partial charge in [0.05, 0.1) is 13.7 Å². The molecule has 0 aliphatic heterocycles. The molecule has 0 aliphatic rings. The van der Waals surface area contributed by atoms with Crippen LogP contribution in [0.1, 0.15) is 119 Å². The molecule has 0 bridgehead atoms. The van der Waals surface area contributed by atoms with Crippen molar-refractivity contribution in [3.8, 4) is 17.2 Å². The maximum Gasteiger partial charge on any atom is 0.408 e. The lowest BCUT2D eigenvalue weighted by Gasteiger charge is -2.46. The first-order valence-electron chi connectivity index (χ1n) is 21.3. The number of rotatable bonds is 19. The minimum atomic E-state index is -2.90. The summed E-state index contributed by atoms with van der Waals surface area (Å²) in [6.45, 7) is 30.7. The van der Waals surface area contributed by atoms with Crippen LogP contribution < -0.4 is 24.5 Å². The standard InChI is InChI=1S/C47H71ClN2O9Si2/c1-17-55-44(52)40(49-43(51)39(50-45(53)57-46(8,9)10)34-23-25-35(54-14)26-24-34)42(59-61(30(2)3,31(4)5)32(6)7)36-27-28-37(56-29-33-21-19-18-20-22-33)38(48)41(36)58-60(15,16)47(11,12)13/h18-28,30-32,39-40,42H,17,29H2,1-16H3,(H,49,51)(H,50,53)/t39-,40+,42+/m1/s1. The molecule has 61 heavy (non-hydrogen) atoms. The minimum absolute atomic E-state index is 0.0252. The summed E-state index contributed by atoms with van der Waals surface area (Å²) in [7, 11) is -4.03. The van der Waals surface area contributed by atoms with Gasteiger partial charge in [-0.25, -0.2) is 9.59 Å². The number of benzene rings is 3. The molecule has 2 amide bonds. The first-order chi connectivity index (χ1) is 28.3. The van der Waals surface area contributed by atoms with Crippen LogP contribution in [-0.4, -0.2) is 60.0 Å². The van der Waals surface area contributed by atoms with Crippen LogP contribution in [0.5, 0.6) is 17.2 Å². The molecule has 0 radical (unpaired) electrons.